The van der Waals surface area contributed by atoms with Gasteiger partial charge in [-0.3, -0.25) is 14.6 Å². The van der Waals surface area contributed by atoms with Crippen LogP contribution in [0.4, 0.5) is 5.69 Å². The molecule has 0 fully saturated rings. The quantitative estimate of drug-likeness (QED) is 0.483. The Morgan fingerprint density at radius 2 is 1.67 bits per heavy atom. The van der Waals surface area contributed by atoms with Crippen LogP contribution in [-0.4, -0.2) is 23.0 Å². The Bertz CT molecular complexity index is 973. The van der Waals surface area contributed by atoms with E-state index in [0.29, 0.717) is 16.8 Å². The molecule has 2 aromatic carbocycles. The highest BCUT2D eigenvalue weighted by Gasteiger charge is 2.08. The van der Waals surface area contributed by atoms with E-state index in [1.54, 1.807) is 67.0 Å². The Hall–Kier alpha value is -3.32. The van der Waals surface area contributed by atoms with Crippen molar-refractivity contribution >= 4 is 39.6 Å². The molecular formula is C20H15BrN4O2. The lowest BCUT2D eigenvalue weighted by Gasteiger charge is -2.06. The Morgan fingerprint density at radius 3 is 2.37 bits per heavy atom. The summed E-state index contributed by atoms with van der Waals surface area (Å²) in [5, 5.41) is 6.70. The van der Waals surface area contributed by atoms with Crippen molar-refractivity contribution < 1.29 is 9.59 Å². The number of nitrogens with one attached hydrogen (secondary N) is 2. The van der Waals surface area contributed by atoms with Gasteiger partial charge in [0.15, 0.2) is 0 Å². The van der Waals surface area contributed by atoms with Crippen molar-refractivity contribution in [2.45, 2.75) is 0 Å². The number of pyridine rings is 1. The third-order valence-electron chi connectivity index (χ3n) is 3.58. The van der Waals surface area contributed by atoms with Crippen LogP contribution in [0.5, 0.6) is 0 Å². The van der Waals surface area contributed by atoms with E-state index in [4.69, 9.17) is 0 Å². The smallest absolute Gasteiger partial charge is 0.271 e. The molecule has 0 spiro atoms. The van der Waals surface area contributed by atoms with Crippen molar-refractivity contribution in [2.75, 3.05) is 5.32 Å². The minimum Gasteiger partial charge on any atom is -0.322 e. The second-order valence-corrected chi connectivity index (χ2v) is 6.44. The van der Waals surface area contributed by atoms with Crippen molar-refractivity contribution in [1.29, 1.82) is 0 Å². The van der Waals surface area contributed by atoms with Crippen molar-refractivity contribution in [3.05, 3.63) is 94.2 Å². The summed E-state index contributed by atoms with van der Waals surface area (Å²) in [7, 11) is 0. The molecule has 3 rings (SSSR count). The molecule has 7 heteroatoms. The molecule has 2 amide bonds. The number of carbonyl (C=O) groups is 2. The molecule has 0 aliphatic carbocycles. The summed E-state index contributed by atoms with van der Waals surface area (Å²) in [5.74, 6) is -0.569. The van der Waals surface area contributed by atoms with Crippen molar-refractivity contribution in [1.82, 2.24) is 10.4 Å². The average molecular weight is 423 g/mol. The van der Waals surface area contributed by atoms with Gasteiger partial charge in [-0.25, -0.2) is 5.43 Å². The third-order valence-corrected chi connectivity index (χ3v) is 4.07. The van der Waals surface area contributed by atoms with Gasteiger partial charge in [0.1, 0.15) is 0 Å². The van der Waals surface area contributed by atoms with Gasteiger partial charge >= 0.3 is 0 Å². The molecule has 6 nitrogen and oxygen atoms in total. The molecule has 1 aromatic heterocycles. The van der Waals surface area contributed by atoms with Gasteiger partial charge in [-0.2, -0.15) is 5.10 Å². The predicted molar refractivity (Wildman–Crippen MR) is 108 cm³/mol. The minimum atomic E-state index is -0.342. The van der Waals surface area contributed by atoms with E-state index < -0.39 is 0 Å². The number of nitrogens with zero attached hydrogens (tertiary/aromatic N) is 2. The molecule has 0 radical (unpaired) electrons. The van der Waals surface area contributed by atoms with Gasteiger partial charge in [0.2, 0.25) is 0 Å². The predicted octanol–water partition coefficient (Wildman–Crippen LogP) is 3.86. The molecule has 27 heavy (non-hydrogen) atoms. The molecule has 0 saturated carbocycles. The number of halogens is 1. The maximum atomic E-state index is 12.2. The fourth-order valence-electron chi connectivity index (χ4n) is 2.22. The lowest BCUT2D eigenvalue weighted by molar-refractivity contribution is 0.0954. The monoisotopic (exact) mass is 422 g/mol. The number of amides is 2. The largest absolute Gasteiger partial charge is 0.322 e. The summed E-state index contributed by atoms with van der Waals surface area (Å²) in [6.45, 7) is 0. The third kappa shape index (κ3) is 5.32. The molecule has 0 saturated heterocycles. The molecule has 0 bridgehead atoms. The van der Waals surface area contributed by atoms with Gasteiger partial charge in [0.05, 0.1) is 6.21 Å². The fourth-order valence-corrected chi connectivity index (χ4v) is 2.62. The molecule has 3 aromatic rings. The van der Waals surface area contributed by atoms with Gasteiger partial charge in [-0.05, 0) is 60.2 Å². The van der Waals surface area contributed by atoms with Crippen LogP contribution in [0.15, 0.2) is 82.6 Å². The van der Waals surface area contributed by atoms with Crippen molar-refractivity contribution in [2.24, 2.45) is 5.10 Å². The van der Waals surface area contributed by atoms with E-state index in [0.717, 1.165) is 10.0 Å². The number of rotatable bonds is 5. The average Bonchev–Trinajstić information content (AvgIpc) is 2.69. The first-order valence-electron chi connectivity index (χ1n) is 8.02. The molecule has 2 N–H and O–H groups in total. The Labute approximate surface area is 164 Å². The molecular weight excluding hydrogens is 408 g/mol. The zero-order valence-electron chi connectivity index (χ0n) is 14.1. The second-order valence-electron chi connectivity index (χ2n) is 5.52. The highest BCUT2D eigenvalue weighted by molar-refractivity contribution is 9.10. The van der Waals surface area contributed by atoms with E-state index in [-0.39, 0.29) is 11.8 Å². The number of carbonyl (C=O) groups excluding carboxylic acids is 2. The summed E-state index contributed by atoms with van der Waals surface area (Å²) in [6, 6.07) is 17.2. The van der Waals surface area contributed by atoms with Crippen LogP contribution in [0.3, 0.4) is 0 Å². The standard InChI is InChI=1S/C20H15BrN4O2/c21-17-3-1-2-16(12-17)19(26)24-18-6-4-15(5-7-18)20(27)25-23-13-14-8-10-22-11-9-14/h1-13H,(H,24,26)(H,25,27)/b23-13+. The number of anilines is 1. The van der Waals surface area contributed by atoms with Crippen molar-refractivity contribution in [3.8, 4) is 0 Å². The van der Waals surface area contributed by atoms with E-state index >= 15 is 0 Å². The van der Waals surface area contributed by atoms with E-state index in [9.17, 15) is 9.59 Å². The van der Waals surface area contributed by atoms with Gasteiger partial charge in [0, 0.05) is 33.7 Å². The zero-order valence-corrected chi connectivity index (χ0v) is 15.7. The number of hydrogen-bond acceptors (Lipinski definition) is 4. The summed E-state index contributed by atoms with van der Waals surface area (Å²) in [6.07, 6.45) is 4.82. The molecule has 0 aliphatic rings. The van der Waals surface area contributed by atoms with E-state index in [2.05, 4.69) is 36.8 Å². The van der Waals surface area contributed by atoms with Crippen LogP contribution < -0.4 is 10.7 Å². The molecule has 0 unspecified atom stereocenters. The highest BCUT2D eigenvalue weighted by atomic mass is 79.9. The maximum Gasteiger partial charge on any atom is 0.271 e. The van der Waals surface area contributed by atoms with Crippen LogP contribution >= 0.6 is 15.9 Å². The summed E-state index contributed by atoms with van der Waals surface area (Å²) >= 11 is 3.34. The maximum absolute atomic E-state index is 12.2. The number of benzene rings is 2. The minimum absolute atomic E-state index is 0.226. The Morgan fingerprint density at radius 1 is 0.926 bits per heavy atom. The molecule has 0 aliphatic heterocycles. The normalized spacial score (nSPS) is 10.6. The summed E-state index contributed by atoms with van der Waals surface area (Å²) in [5.41, 5.74) is 4.85. The first-order chi connectivity index (χ1) is 13.1. The van der Waals surface area contributed by atoms with E-state index in [1.165, 1.54) is 6.21 Å². The number of aromatic nitrogens is 1. The van der Waals surface area contributed by atoms with Crippen LogP contribution in [0.1, 0.15) is 26.3 Å². The highest BCUT2D eigenvalue weighted by Crippen LogP contribution is 2.15. The van der Waals surface area contributed by atoms with Crippen LogP contribution in [-0.2, 0) is 0 Å². The first kappa shape index (κ1) is 18.5. The molecule has 0 atom stereocenters. The number of hydrazone groups is 1. The van der Waals surface area contributed by atoms with Crippen LogP contribution in [0.25, 0.3) is 0 Å². The Balaban J connectivity index is 1.58. The topological polar surface area (TPSA) is 83.4 Å². The van der Waals surface area contributed by atoms with E-state index in [1.807, 2.05) is 6.07 Å². The van der Waals surface area contributed by atoms with Gasteiger partial charge in [-0.1, -0.05) is 22.0 Å². The SMILES string of the molecule is O=C(N/N=C/c1ccncc1)c1ccc(NC(=O)c2cccc(Br)c2)cc1. The second kappa shape index (κ2) is 8.86. The summed E-state index contributed by atoms with van der Waals surface area (Å²) < 4.78 is 0.828. The van der Waals surface area contributed by atoms with Crippen LogP contribution in [0.2, 0.25) is 0 Å². The van der Waals surface area contributed by atoms with Gasteiger partial charge in [-0.15, -0.1) is 0 Å². The molecule has 1 heterocycles. The summed E-state index contributed by atoms with van der Waals surface area (Å²) in [4.78, 5) is 28.2. The molecule has 134 valence electrons. The van der Waals surface area contributed by atoms with Gasteiger partial charge in [0.25, 0.3) is 11.8 Å². The van der Waals surface area contributed by atoms with Gasteiger partial charge < -0.3 is 5.32 Å². The number of hydrogen-bond donors (Lipinski definition) is 2. The zero-order chi connectivity index (χ0) is 19.1. The Kier molecular flexibility index (Phi) is 6.06. The lowest BCUT2D eigenvalue weighted by Crippen LogP contribution is -2.17. The first-order valence-corrected chi connectivity index (χ1v) is 8.81. The van der Waals surface area contributed by atoms with Crippen LogP contribution in [0, 0.1) is 0 Å². The van der Waals surface area contributed by atoms with Crippen molar-refractivity contribution in [3.63, 3.8) is 0 Å². The fraction of sp³-hybridized carbons (Fsp3) is 0. The lowest BCUT2D eigenvalue weighted by atomic mass is 10.1.